The smallest absolute Gasteiger partial charge is 0.405 e. The van der Waals surface area contributed by atoms with E-state index in [9.17, 15) is 33.5 Å². The SMILES string of the molecule is COC1/C=C\C=C(/C)C(=O)NC2=CC(=O)C(NC(=O)NCc3ccc(F)cc3)=C(CC(C)CC(OC)C(O)C(C)/C=C(\C)C1OC(N)=O)C2=O. The fraction of sp³-hybridized carbons (Fsp3) is 0.417. The van der Waals surface area contributed by atoms with E-state index in [0.717, 1.165) is 6.08 Å². The van der Waals surface area contributed by atoms with Gasteiger partial charge < -0.3 is 41.0 Å². The van der Waals surface area contributed by atoms with Crippen LogP contribution >= 0.6 is 0 Å². The average molecular weight is 697 g/mol. The molecule has 6 unspecified atom stereocenters. The van der Waals surface area contributed by atoms with Gasteiger partial charge in [-0.3, -0.25) is 14.4 Å². The lowest BCUT2D eigenvalue weighted by atomic mass is 9.85. The van der Waals surface area contributed by atoms with Crippen molar-refractivity contribution in [3.63, 3.8) is 0 Å². The number of amides is 4. The highest BCUT2D eigenvalue weighted by molar-refractivity contribution is 6.24. The first-order valence-corrected chi connectivity index (χ1v) is 16.0. The second kappa shape index (κ2) is 18.2. The van der Waals surface area contributed by atoms with Gasteiger partial charge in [-0.15, -0.1) is 0 Å². The quantitative estimate of drug-likeness (QED) is 0.219. The van der Waals surface area contributed by atoms with Gasteiger partial charge in [-0.25, -0.2) is 14.0 Å². The number of hydrogen-bond donors (Lipinski definition) is 5. The number of primary amides is 1. The van der Waals surface area contributed by atoms with E-state index in [1.54, 1.807) is 32.9 Å². The van der Waals surface area contributed by atoms with Crippen molar-refractivity contribution in [2.45, 2.75) is 71.5 Å². The number of urea groups is 1. The maximum atomic E-state index is 13.8. The van der Waals surface area contributed by atoms with E-state index in [0.29, 0.717) is 11.1 Å². The van der Waals surface area contributed by atoms with Crippen LogP contribution in [0.25, 0.3) is 0 Å². The van der Waals surface area contributed by atoms with Gasteiger partial charge in [-0.1, -0.05) is 50.3 Å². The zero-order valence-electron chi connectivity index (χ0n) is 29.0. The van der Waals surface area contributed by atoms with Crippen molar-refractivity contribution in [1.82, 2.24) is 16.0 Å². The van der Waals surface area contributed by atoms with Crippen LogP contribution in [0.4, 0.5) is 14.0 Å². The molecule has 50 heavy (non-hydrogen) atoms. The minimum atomic E-state index is -1.06. The summed E-state index contributed by atoms with van der Waals surface area (Å²) < 4.78 is 29.9. The van der Waals surface area contributed by atoms with E-state index in [-0.39, 0.29) is 47.8 Å². The molecule has 0 saturated heterocycles. The van der Waals surface area contributed by atoms with Crippen LogP contribution in [0.3, 0.4) is 0 Å². The Morgan fingerprint density at radius 1 is 1.08 bits per heavy atom. The first-order valence-electron chi connectivity index (χ1n) is 16.0. The summed E-state index contributed by atoms with van der Waals surface area (Å²) in [6, 6.07) is 4.70. The lowest BCUT2D eigenvalue weighted by molar-refractivity contribution is -0.120. The number of aliphatic hydroxyl groups is 1. The largest absolute Gasteiger partial charge is 0.439 e. The molecule has 14 heteroatoms. The van der Waals surface area contributed by atoms with Crippen molar-refractivity contribution >= 4 is 29.6 Å². The molecule has 0 saturated carbocycles. The number of ketones is 2. The van der Waals surface area contributed by atoms with Gasteiger partial charge >= 0.3 is 12.1 Å². The molecule has 0 radical (unpaired) electrons. The number of allylic oxidation sites excluding steroid dienone is 4. The molecule has 6 N–H and O–H groups in total. The summed E-state index contributed by atoms with van der Waals surface area (Å²) in [6.45, 7) is 6.76. The van der Waals surface area contributed by atoms with Crippen molar-refractivity contribution in [1.29, 1.82) is 0 Å². The molecule has 1 aromatic rings. The fourth-order valence-corrected chi connectivity index (χ4v) is 5.66. The number of methoxy groups -OCH3 is 2. The second-order valence-corrected chi connectivity index (χ2v) is 12.4. The summed E-state index contributed by atoms with van der Waals surface area (Å²) in [5.41, 5.74) is 6.07. The third kappa shape index (κ3) is 10.8. The Kier molecular flexibility index (Phi) is 14.4. The number of nitrogens with one attached hydrogen (secondary N) is 3. The van der Waals surface area contributed by atoms with Crippen molar-refractivity contribution < 1.29 is 47.7 Å². The van der Waals surface area contributed by atoms with Crippen LogP contribution in [0, 0.1) is 17.7 Å². The zero-order chi connectivity index (χ0) is 37.1. The number of carbonyl (C=O) groups is 5. The predicted octanol–water partition coefficient (Wildman–Crippen LogP) is 3.40. The number of nitrogens with two attached hydrogens (primary N) is 1. The molecule has 3 rings (SSSR count). The molecule has 0 spiro atoms. The molecule has 0 fully saturated rings. The number of aliphatic hydroxyl groups excluding tert-OH is 1. The Balaban J connectivity index is 2.02. The van der Waals surface area contributed by atoms with Crippen LogP contribution in [0.15, 0.2) is 82.8 Å². The van der Waals surface area contributed by atoms with Crippen molar-refractivity contribution in [3.8, 4) is 0 Å². The van der Waals surface area contributed by atoms with E-state index >= 15 is 0 Å². The summed E-state index contributed by atoms with van der Waals surface area (Å²) in [4.78, 5) is 65.1. The van der Waals surface area contributed by atoms with Gasteiger partial charge in [0.2, 0.25) is 11.6 Å². The number of Topliss-reactive ketones (excluding diaryl/α,β-unsaturated/α-hetero) is 1. The molecule has 4 amide bonds. The third-order valence-electron chi connectivity index (χ3n) is 8.40. The normalized spacial score (nSPS) is 28.3. The summed E-state index contributed by atoms with van der Waals surface area (Å²) in [7, 11) is 2.84. The van der Waals surface area contributed by atoms with E-state index in [1.165, 1.54) is 57.6 Å². The Morgan fingerprint density at radius 3 is 2.38 bits per heavy atom. The van der Waals surface area contributed by atoms with Gasteiger partial charge in [0.15, 0.2) is 6.10 Å². The van der Waals surface area contributed by atoms with Crippen LogP contribution in [0.2, 0.25) is 0 Å². The van der Waals surface area contributed by atoms with E-state index in [2.05, 4.69) is 16.0 Å². The lowest BCUT2D eigenvalue weighted by Crippen LogP contribution is -2.41. The number of rotatable bonds is 6. The third-order valence-corrected chi connectivity index (χ3v) is 8.40. The van der Waals surface area contributed by atoms with Crippen LogP contribution in [0.1, 0.15) is 46.1 Å². The van der Waals surface area contributed by atoms with E-state index < -0.39 is 65.7 Å². The van der Waals surface area contributed by atoms with Crippen LogP contribution in [-0.2, 0) is 35.1 Å². The zero-order valence-corrected chi connectivity index (χ0v) is 29.0. The first kappa shape index (κ1) is 39.5. The molecule has 1 aliphatic heterocycles. The highest BCUT2D eigenvalue weighted by Gasteiger charge is 2.34. The van der Waals surface area contributed by atoms with Crippen LogP contribution in [-0.4, -0.2) is 73.3 Å². The molecule has 270 valence electrons. The molecule has 0 aromatic heterocycles. The van der Waals surface area contributed by atoms with Gasteiger partial charge in [-0.05, 0) is 55.9 Å². The van der Waals surface area contributed by atoms with Gasteiger partial charge in [0, 0.05) is 43.9 Å². The molecule has 6 atom stereocenters. The topological polar surface area (TPSA) is 195 Å². The molecule has 2 aliphatic rings. The predicted molar refractivity (Wildman–Crippen MR) is 181 cm³/mol. The Hall–Kier alpha value is -4.92. The summed E-state index contributed by atoms with van der Waals surface area (Å²) in [6.07, 6.45) is 2.72. The maximum absolute atomic E-state index is 13.8. The average Bonchev–Trinajstić information content (AvgIpc) is 3.07. The van der Waals surface area contributed by atoms with Gasteiger partial charge in [0.05, 0.1) is 23.6 Å². The Labute approximate surface area is 290 Å². The highest BCUT2D eigenvalue weighted by atomic mass is 19.1. The Bertz CT molecular complexity index is 1610. The number of ether oxygens (including phenoxy) is 3. The van der Waals surface area contributed by atoms with E-state index in [4.69, 9.17) is 19.9 Å². The molecule has 2 bridgehead atoms. The number of halogens is 1. The summed E-state index contributed by atoms with van der Waals surface area (Å²) in [5.74, 6) is -3.40. The molecular formula is C36H45FN4O9. The lowest BCUT2D eigenvalue weighted by Gasteiger charge is -2.30. The monoisotopic (exact) mass is 696 g/mol. The van der Waals surface area contributed by atoms with Crippen molar-refractivity contribution in [2.75, 3.05) is 14.2 Å². The molecule has 1 aliphatic carbocycles. The minimum Gasteiger partial charge on any atom is -0.439 e. The molecular weight excluding hydrogens is 651 g/mol. The molecule has 13 nitrogen and oxygen atoms in total. The van der Waals surface area contributed by atoms with Crippen LogP contribution < -0.4 is 21.7 Å². The van der Waals surface area contributed by atoms with E-state index in [1.807, 2.05) is 0 Å². The number of fused-ring (bicyclic) bond motifs is 2. The second-order valence-electron chi connectivity index (χ2n) is 12.4. The number of carbonyl (C=O) groups excluding carboxylic acids is 5. The van der Waals surface area contributed by atoms with Gasteiger partial charge in [0.1, 0.15) is 11.9 Å². The summed E-state index contributed by atoms with van der Waals surface area (Å²) in [5, 5.41) is 18.9. The summed E-state index contributed by atoms with van der Waals surface area (Å²) >= 11 is 0. The maximum Gasteiger partial charge on any atom is 0.405 e. The van der Waals surface area contributed by atoms with Crippen molar-refractivity contribution in [3.05, 3.63) is 94.1 Å². The molecule has 1 heterocycles. The Morgan fingerprint density at radius 2 is 1.76 bits per heavy atom. The highest BCUT2D eigenvalue weighted by Crippen LogP contribution is 2.29. The number of hydrogen-bond acceptors (Lipinski definition) is 9. The van der Waals surface area contributed by atoms with Crippen LogP contribution in [0.5, 0.6) is 0 Å². The minimum absolute atomic E-state index is 0.0184. The van der Waals surface area contributed by atoms with Crippen molar-refractivity contribution in [2.24, 2.45) is 17.6 Å². The number of benzene rings is 1. The van der Waals surface area contributed by atoms with Gasteiger partial charge in [-0.2, -0.15) is 0 Å². The molecule has 1 aromatic carbocycles. The fourth-order valence-electron chi connectivity index (χ4n) is 5.66. The standard InChI is InChI=1S/C36H45FN4O9/c1-19-14-25-30(41-36(47)39-18-23-10-12-24(37)13-11-23)27(42)17-26(32(25)44)40-34(45)20(2)8-7-9-28(48-5)33(50-35(38)46)22(4)16-21(3)31(43)29(15-19)49-6/h7-13,16-17,19,21,28-29,31,33,43H,14-15,18H2,1-6H3,(H2,38,46)(H,40,45)(H2,39,41,47)/b9-7-,20-8+,22-16+. The first-order chi connectivity index (χ1) is 23.6. The van der Waals surface area contributed by atoms with Gasteiger partial charge in [0.25, 0.3) is 5.91 Å².